The Bertz CT molecular complexity index is 1220. The molecule has 0 saturated carbocycles. The number of alkyl halides is 3. The van der Waals surface area contributed by atoms with Crippen LogP contribution in [0.1, 0.15) is 34.5 Å². The fourth-order valence-corrected chi connectivity index (χ4v) is 4.08. The molecule has 0 radical (unpaired) electrons. The van der Waals surface area contributed by atoms with Crippen molar-refractivity contribution in [2.45, 2.75) is 32.9 Å². The van der Waals surface area contributed by atoms with Crippen LogP contribution in [0.2, 0.25) is 0 Å². The fraction of sp³-hybridized carbons (Fsp3) is 0.333. The first-order chi connectivity index (χ1) is 14.2. The van der Waals surface area contributed by atoms with Crippen LogP contribution in [0.4, 0.5) is 19.0 Å². The van der Waals surface area contributed by atoms with Gasteiger partial charge in [0, 0.05) is 5.56 Å². The summed E-state index contributed by atoms with van der Waals surface area (Å²) >= 11 is 0. The van der Waals surface area contributed by atoms with E-state index in [0.29, 0.717) is 36.4 Å². The van der Waals surface area contributed by atoms with Crippen LogP contribution in [0.25, 0.3) is 16.6 Å². The largest absolute Gasteiger partial charge is 0.496 e. The number of pyridine rings is 1. The summed E-state index contributed by atoms with van der Waals surface area (Å²) in [6, 6.07) is 5.41. The van der Waals surface area contributed by atoms with Gasteiger partial charge in [-0.2, -0.15) is 18.4 Å². The number of ether oxygens (including phenoxy) is 2. The lowest BCUT2D eigenvalue weighted by atomic mass is 10.1. The van der Waals surface area contributed by atoms with Gasteiger partial charge in [0.1, 0.15) is 28.7 Å². The lowest BCUT2D eigenvalue weighted by molar-refractivity contribution is -0.139. The van der Waals surface area contributed by atoms with E-state index in [1.165, 1.54) is 11.7 Å². The molecule has 3 heterocycles. The molecule has 0 spiro atoms. The number of hydrogen-bond acceptors (Lipinski definition) is 5. The van der Waals surface area contributed by atoms with Crippen molar-refractivity contribution in [2.75, 3.05) is 19.5 Å². The van der Waals surface area contributed by atoms with E-state index < -0.39 is 11.9 Å². The standard InChI is InChI=1S/C21H19F3N4O2/c1-10-6-7-14(29-3)11(2)16(10)28-17-15(12(9-25)20(28)26)19(21(22,23)24)27-13-5-4-8-30-18(13)17/h6-7H,4-5,8,26H2,1-3H3. The number of nitriles is 1. The van der Waals surface area contributed by atoms with Gasteiger partial charge in [0.2, 0.25) is 0 Å². The predicted octanol–water partition coefficient (Wildman–Crippen LogP) is 4.45. The van der Waals surface area contributed by atoms with E-state index in [-0.39, 0.29) is 33.7 Å². The molecule has 0 saturated heterocycles. The van der Waals surface area contributed by atoms with Gasteiger partial charge in [-0.25, -0.2) is 4.98 Å². The Hall–Kier alpha value is -3.41. The van der Waals surface area contributed by atoms with Crippen molar-refractivity contribution in [1.82, 2.24) is 9.55 Å². The van der Waals surface area contributed by atoms with Crippen LogP contribution in [0.15, 0.2) is 12.1 Å². The Kier molecular flexibility index (Phi) is 4.53. The third-order valence-electron chi connectivity index (χ3n) is 5.38. The second kappa shape index (κ2) is 6.83. The average molecular weight is 416 g/mol. The number of rotatable bonds is 2. The quantitative estimate of drug-likeness (QED) is 0.667. The van der Waals surface area contributed by atoms with Gasteiger partial charge in [-0.15, -0.1) is 0 Å². The molecule has 0 aliphatic carbocycles. The highest BCUT2D eigenvalue weighted by molar-refractivity contribution is 6.00. The Balaban J connectivity index is 2.27. The van der Waals surface area contributed by atoms with Crippen LogP contribution in [-0.2, 0) is 12.6 Å². The second-order valence-corrected chi connectivity index (χ2v) is 7.18. The summed E-state index contributed by atoms with van der Waals surface area (Å²) in [5, 5.41) is 9.36. The van der Waals surface area contributed by atoms with E-state index in [2.05, 4.69) is 4.98 Å². The van der Waals surface area contributed by atoms with Gasteiger partial charge in [0.25, 0.3) is 0 Å². The maximum atomic E-state index is 13.9. The number of nitrogens with two attached hydrogens (primary N) is 1. The molecule has 0 bridgehead atoms. The highest BCUT2D eigenvalue weighted by atomic mass is 19.4. The van der Waals surface area contributed by atoms with E-state index in [1.54, 1.807) is 19.1 Å². The number of methoxy groups -OCH3 is 1. The summed E-state index contributed by atoms with van der Waals surface area (Å²) in [6.07, 6.45) is -3.86. The topological polar surface area (TPSA) is 86.1 Å². The van der Waals surface area contributed by atoms with Crippen molar-refractivity contribution >= 4 is 16.7 Å². The normalized spacial score (nSPS) is 13.6. The minimum Gasteiger partial charge on any atom is -0.496 e. The first-order valence-electron chi connectivity index (χ1n) is 9.32. The number of halogens is 3. The minimum absolute atomic E-state index is 0.0955. The molecule has 0 unspecified atom stereocenters. The van der Waals surface area contributed by atoms with Crippen molar-refractivity contribution in [3.8, 4) is 23.3 Å². The maximum Gasteiger partial charge on any atom is 0.434 e. The van der Waals surface area contributed by atoms with E-state index in [9.17, 15) is 18.4 Å². The van der Waals surface area contributed by atoms with E-state index >= 15 is 0 Å². The molecule has 30 heavy (non-hydrogen) atoms. The van der Waals surface area contributed by atoms with Gasteiger partial charge >= 0.3 is 6.18 Å². The summed E-state index contributed by atoms with van der Waals surface area (Å²) in [6.45, 7) is 3.95. The minimum atomic E-state index is -4.76. The summed E-state index contributed by atoms with van der Waals surface area (Å²) in [5.74, 6) is 0.691. The van der Waals surface area contributed by atoms with Gasteiger partial charge in [0.05, 0.1) is 30.5 Å². The summed E-state index contributed by atoms with van der Waals surface area (Å²) in [7, 11) is 1.51. The second-order valence-electron chi connectivity index (χ2n) is 7.18. The SMILES string of the molecule is COc1ccc(C)c(-n2c(N)c(C#N)c3c(C(F)(F)F)nc4c(c32)OCCC4)c1C. The number of fused-ring (bicyclic) bond motifs is 3. The average Bonchev–Trinajstić information content (AvgIpc) is 2.99. The summed E-state index contributed by atoms with van der Waals surface area (Å²) in [5.41, 5.74) is 7.20. The summed E-state index contributed by atoms with van der Waals surface area (Å²) < 4.78 is 54.5. The highest BCUT2D eigenvalue weighted by Crippen LogP contribution is 2.46. The fourth-order valence-electron chi connectivity index (χ4n) is 4.08. The Morgan fingerprint density at radius 3 is 2.67 bits per heavy atom. The van der Waals surface area contributed by atoms with Gasteiger partial charge in [-0.3, -0.25) is 4.57 Å². The zero-order valence-corrected chi connectivity index (χ0v) is 16.6. The highest BCUT2D eigenvalue weighted by Gasteiger charge is 2.40. The lowest BCUT2D eigenvalue weighted by Crippen LogP contribution is -2.17. The van der Waals surface area contributed by atoms with Crippen LogP contribution >= 0.6 is 0 Å². The molecule has 0 amide bonds. The number of anilines is 1. The van der Waals surface area contributed by atoms with E-state index in [4.69, 9.17) is 15.2 Å². The number of nitrogens with zero attached hydrogens (tertiary/aromatic N) is 3. The number of aromatic nitrogens is 2. The van der Waals surface area contributed by atoms with Crippen LogP contribution in [0.3, 0.4) is 0 Å². The Morgan fingerprint density at radius 2 is 2.03 bits per heavy atom. The van der Waals surface area contributed by atoms with Gasteiger partial charge in [-0.1, -0.05) is 6.07 Å². The van der Waals surface area contributed by atoms with Crippen molar-refractivity contribution in [3.05, 3.63) is 40.2 Å². The molecule has 1 aliphatic rings. The zero-order valence-electron chi connectivity index (χ0n) is 16.6. The van der Waals surface area contributed by atoms with E-state index in [1.807, 2.05) is 13.0 Å². The number of hydrogen-bond donors (Lipinski definition) is 1. The molecule has 2 N–H and O–H groups in total. The molecule has 2 aromatic heterocycles. The molecule has 1 aromatic carbocycles. The van der Waals surface area contributed by atoms with Crippen LogP contribution < -0.4 is 15.2 Å². The zero-order chi connectivity index (χ0) is 21.8. The molecule has 6 nitrogen and oxygen atoms in total. The molecule has 9 heteroatoms. The number of aryl methyl sites for hydroxylation is 2. The van der Waals surface area contributed by atoms with Crippen molar-refractivity contribution in [2.24, 2.45) is 0 Å². The Labute approximate surface area is 170 Å². The number of benzene rings is 1. The van der Waals surface area contributed by atoms with E-state index in [0.717, 1.165) is 5.56 Å². The molecule has 0 fully saturated rings. The first kappa shape index (κ1) is 19.9. The smallest absolute Gasteiger partial charge is 0.434 e. The Morgan fingerprint density at radius 1 is 1.30 bits per heavy atom. The first-order valence-corrected chi connectivity index (χ1v) is 9.32. The number of nitrogen functional groups attached to an aromatic ring is 1. The maximum absolute atomic E-state index is 13.9. The molecule has 0 atom stereocenters. The van der Waals surface area contributed by atoms with Crippen LogP contribution in [0.5, 0.6) is 11.5 Å². The van der Waals surface area contributed by atoms with Gasteiger partial charge in [-0.05, 0) is 38.3 Å². The lowest BCUT2D eigenvalue weighted by Gasteiger charge is -2.22. The van der Waals surface area contributed by atoms with Gasteiger partial charge < -0.3 is 15.2 Å². The van der Waals surface area contributed by atoms with Crippen molar-refractivity contribution in [3.63, 3.8) is 0 Å². The molecule has 1 aliphatic heterocycles. The van der Waals surface area contributed by atoms with Gasteiger partial charge in [0.15, 0.2) is 11.4 Å². The molecule has 4 rings (SSSR count). The predicted molar refractivity (Wildman–Crippen MR) is 105 cm³/mol. The molecule has 3 aromatic rings. The van der Waals surface area contributed by atoms with Crippen LogP contribution in [0, 0.1) is 25.2 Å². The van der Waals surface area contributed by atoms with Crippen molar-refractivity contribution < 1.29 is 22.6 Å². The third kappa shape index (κ3) is 2.75. The monoisotopic (exact) mass is 416 g/mol. The third-order valence-corrected chi connectivity index (χ3v) is 5.38. The van der Waals surface area contributed by atoms with Crippen LogP contribution in [-0.4, -0.2) is 23.3 Å². The van der Waals surface area contributed by atoms with Crippen molar-refractivity contribution in [1.29, 1.82) is 5.26 Å². The molecule has 156 valence electrons. The summed E-state index contributed by atoms with van der Waals surface area (Å²) in [4.78, 5) is 3.85. The molecular formula is C21H19F3N4O2. The molecular weight excluding hydrogens is 397 g/mol.